The minimum Gasteiger partial charge on any atom is -0.245 e. The Kier molecular flexibility index (Phi) is 3.21. The number of hydrogen-bond acceptors (Lipinski definition) is 2. The third kappa shape index (κ3) is 1.87. The predicted molar refractivity (Wildman–Crippen MR) is 64.3 cm³/mol. The Morgan fingerprint density at radius 3 is 2.86 bits per heavy atom. The minimum absolute atomic E-state index is 0.121. The lowest BCUT2D eigenvalue weighted by atomic mass is 10.1. The second-order valence-corrected chi connectivity index (χ2v) is 7.40. The van der Waals surface area contributed by atoms with Crippen molar-refractivity contribution in [3.05, 3.63) is 29.1 Å². The molecule has 0 fully saturated rings. The zero-order valence-electron chi connectivity index (χ0n) is 7.43. The lowest BCUT2D eigenvalue weighted by Crippen LogP contribution is -1.99. The van der Waals surface area contributed by atoms with Crippen LogP contribution in [-0.4, -0.2) is 11.4 Å². The van der Waals surface area contributed by atoms with Crippen LogP contribution in [0.5, 0.6) is 0 Å². The standard InChI is InChI=1S/C9H8Br2FNS/c1-13-4-5-2-3-6(12)7(9(10)11)8(5)14-13/h2-3,9H,4H2,1H3. The fourth-order valence-corrected chi connectivity index (χ4v) is 3.76. The van der Waals surface area contributed by atoms with E-state index in [1.165, 1.54) is 11.6 Å². The number of halogens is 3. The predicted octanol–water partition coefficient (Wildman–Crippen LogP) is 4.07. The highest BCUT2D eigenvalue weighted by molar-refractivity contribution is 9.24. The molecule has 76 valence electrons. The van der Waals surface area contributed by atoms with Crippen LogP contribution in [0, 0.1) is 5.82 Å². The summed E-state index contributed by atoms with van der Waals surface area (Å²) >= 11 is 8.30. The van der Waals surface area contributed by atoms with Crippen molar-refractivity contribution in [3.8, 4) is 0 Å². The van der Waals surface area contributed by atoms with Gasteiger partial charge in [0.05, 0.1) is 3.74 Å². The van der Waals surface area contributed by atoms with Crippen LogP contribution in [0.3, 0.4) is 0 Å². The second-order valence-electron chi connectivity index (χ2n) is 3.13. The third-order valence-corrected chi connectivity index (χ3v) is 4.10. The van der Waals surface area contributed by atoms with Crippen LogP contribution in [0.1, 0.15) is 14.9 Å². The van der Waals surface area contributed by atoms with Gasteiger partial charge in [0.15, 0.2) is 0 Å². The fraction of sp³-hybridized carbons (Fsp3) is 0.333. The van der Waals surface area contributed by atoms with Gasteiger partial charge in [-0.05, 0) is 30.6 Å². The fourth-order valence-electron chi connectivity index (χ4n) is 1.48. The summed E-state index contributed by atoms with van der Waals surface area (Å²) in [6, 6.07) is 3.39. The molecule has 2 rings (SSSR count). The third-order valence-electron chi connectivity index (χ3n) is 2.08. The van der Waals surface area contributed by atoms with E-state index in [9.17, 15) is 4.39 Å². The monoisotopic (exact) mass is 339 g/mol. The Morgan fingerprint density at radius 1 is 1.50 bits per heavy atom. The Balaban J connectivity index is 2.54. The normalized spacial score (nSPS) is 16.4. The first kappa shape index (κ1) is 10.9. The zero-order valence-corrected chi connectivity index (χ0v) is 11.4. The van der Waals surface area contributed by atoms with Gasteiger partial charge in [-0.1, -0.05) is 37.9 Å². The Hall–Kier alpha value is 0.420. The van der Waals surface area contributed by atoms with Gasteiger partial charge in [-0.25, -0.2) is 8.70 Å². The van der Waals surface area contributed by atoms with Crippen LogP contribution in [0.4, 0.5) is 4.39 Å². The van der Waals surface area contributed by atoms with E-state index in [1.807, 2.05) is 13.1 Å². The van der Waals surface area contributed by atoms with Gasteiger partial charge in [-0.3, -0.25) is 0 Å². The Morgan fingerprint density at radius 2 is 2.21 bits per heavy atom. The maximum Gasteiger partial charge on any atom is 0.129 e. The SMILES string of the molecule is CN1Cc2ccc(F)c(C(Br)Br)c2S1. The van der Waals surface area contributed by atoms with Gasteiger partial charge in [0.1, 0.15) is 5.82 Å². The van der Waals surface area contributed by atoms with E-state index in [1.54, 1.807) is 11.9 Å². The molecular weight excluding hydrogens is 333 g/mol. The van der Waals surface area contributed by atoms with E-state index in [2.05, 4.69) is 36.2 Å². The molecule has 0 saturated heterocycles. The summed E-state index contributed by atoms with van der Waals surface area (Å²) in [5.41, 5.74) is 1.90. The maximum absolute atomic E-state index is 13.5. The van der Waals surface area contributed by atoms with Crippen molar-refractivity contribution in [1.82, 2.24) is 4.31 Å². The summed E-state index contributed by atoms with van der Waals surface area (Å²) in [5.74, 6) is -0.162. The van der Waals surface area contributed by atoms with E-state index in [0.717, 1.165) is 11.4 Å². The van der Waals surface area contributed by atoms with Gasteiger partial charge in [-0.2, -0.15) is 0 Å². The molecular formula is C9H8Br2FNS. The summed E-state index contributed by atoms with van der Waals surface area (Å²) in [4.78, 5) is 1.03. The van der Waals surface area contributed by atoms with Crippen molar-refractivity contribution in [1.29, 1.82) is 0 Å². The number of alkyl halides is 2. The molecule has 0 aliphatic carbocycles. The highest BCUT2D eigenvalue weighted by atomic mass is 79.9. The molecule has 0 atom stereocenters. The molecule has 0 saturated carbocycles. The molecule has 0 N–H and O–H groups in total. The molecule has 1 aromatic rings. The average Bonchev–Trinajstić information content (AvgIpc) is 2.43. The average molecular weight is 341 g/mol. The lowest BCUT2D eigenvalue weighted by molar-refractivity contribution is 0.578. The molecule has 1 aliphatic heterocycles. The van der Waals surface area contributed by atoms with Gasteiger partial charge in [0, 0.05) is 17.0 Å². The van der Waals surface area contributed by atoms with Crippen molar-refractivity contribution < 1.29 is 4.39 Å². The highest BCUT2D eigenvalue weighted by Gasteiger charge is 2.24. The van der Waals surface area contributed by atoms with E-state index < -0.39 is 0 Å². The van der Waals surface area contributed by atoms with Crippen molar-refractivity contribution in [2.75, 3.05) is 7.05 Å². The first-order chi connectivity index (χ1) is 6.59. The van der Waals surface area contributed by atoms with Gasteiger partial charge >= 0.3 is 0 Å². The largest absolute Gasteiger partial charge is 0.245 e. The van der Waals surface area contributed by atoms with Crippen LogP contribution in [0.15, 0.2) is 17.0 Å². The lowest BCUT2D eigenvalue weighted by Gasteiger charge is -2.09. The van der Waals surface area contributed by atoms with Crippen molar-refractivity contribution in [2.24, 2.45) is 0 Å². The minimum atomic E-state index is -0.162. The highest BCUT2D eigenvalue weighted by Crippen LogP contribution is 2.44. The number of fused-ring (bicyclic) bond motifs is 1. The first-order valence-electron chi connectivity index (χ1n) is 4.08. The van der Waals surface area contributed by atoms with Crippen molar-refractivity contribution in [3.63, 3.8) is 0 Å². The summed E-state index contributed by atoms with van der Waals surface area (Å²) in [7, 11) is 2.00. The molecule has 1 aromatic carbocycles. The molecule has 1 aliphatic rings. The quantitative estimate of drug-likeness (QED) is 0.560. The smallest absolute Gasteiger partial charge is 0.129 e. The van der Waals surface area contributed by atoms with Crippen LogP contribution in [0.25, 0.3) is 0 Å². The molecule has 5 heteroatoms. The van der Waals surface area contributed by atoms with Crippen molar-refractivity contribution >= 4 is 43.8 Å². The number of nitrogens with zero attached hydrogens (tertiary/aromatic N) is 1. The molecule has 0 bridgehead atoms. The van der Waals surface area contributed by atoms with Crippen LogP contribution < -0.4 is 0 Å². The van der Waals surface area contributed by atoms with Gasteiger partial charge < -0.3 is 0 Å². The second kappa shape index (κ2) is 4.12. The van der Waals surface area contributed by atoms with Gasteiger partial charge in [0.2, 0.25) is 0 Å². The Bertz CT molecular complexity index is 370. The number of rotatable bonds is 1. The molecule has 0 amide bonds. The summed E-state index contributed by atoms with van der Waals surface area (Å²) in [5, 5.41) is 0. The molecule has 14 heavy (non-hydrogen) atoms. The first-order valence-corrected chi connectivity index (χ1v) is 6.68. The molecule has 1 heterocycles. The number of hydrogen-bond donors (Lipinski definition) is 0. The summed E-state index contributed by atoms with van der Waals surface area (Å²) < 4.78 is 15.5. The van der Waals surface area contributed by atoms with E-state index in [-0.39, 0.29) is 9.55 Å². The maximum atomic E-state index is 13.5. The van der Waals surface area contributed by atoms with Gasteiger partial charge in [-0.15, -0.1) is 0 Å². The van der Waals surface area contributed by atoms with Gasteiger partial charge in [0.25, 0.3) is 0 Å². The van der Waals surface area contributed by atoms with E-state index in [0.29, 0.717) is 5.56 Å². The molecule has 0 radical (unpaired) electrons. The number of benzene rings is 1. The van der Waals surface area contributed by atoms with Crippen LogP contribution in [-0.2, 0) is 6.54 Å². The molecule has 0 spiro atoms. The van der Waals surface area contributed by atoms with E-state index in [4.69, 9.17) is 0 Å². The molecule has 1 nitrogen and oxygen atoms in total. The summed E-state index contributed by atoms with van der Waals surface area (Å²) in [6.07, 6.45) is 0. The van der Waals surface area contributed by atoms with Crippen LogP contribution >= 0.6 is 43.8 Å². The summed E-state index contributed by atoms with van der Waals surface area (Å²) in [6.45, 7) is 0.875. The molecule has 0 unspecified atom stereocenters. The van der Waals surface area contributed by atoms with Crippen LogP contribution in [0.2, 0.25) is 0 Å². The topological polar surface area (TPSA) is 3.24 Å². The van der Waals surface area contributed by atoms with E-state index >= 15 is 0 Å². The van der Waals surface area contributed by atoms with Crippen molar-refractivity contribution in [2.45, 2.75) is 15.2 Å². The molecule has 0 aromatic heterocycles. The Labute approximate surface area is 103 Å². The zero-order chi connectivity index (χ0) is 10.3.